The molecule has 0 radical (unpaired) electrons. The van der Waals surface area contributed by atoms with Crippen LogP contribution in [0.4, 0.5) is 21.6 Å². The molecule has 1 fully saturated rings. The van der Waals surface area contributed by atoms with Crippen LogP contribution in [-0.4, -0.2) is 41.8 Å². The molecule has 9 nitrogen and oxygen atoms in total. The Morgan fingerprint density at radius 3 is 2.58 bits per heavy atom. The van der Waals surface area contributed by atoms with Crippen molar-refractivity contribution in [3.63, 3.8) is 0 Å². The Morgan fingerprint density at radius 2 is 1.90 bits per heavy atom. The number of aromatic nitrogens is 2. The minimum absolute atomic E-state index is 0.0755. The van der Waals surface area contributed by atoms with Crippen LogP contribution < -0.4 is 27.2 Å². The third-order valence-corrected chi connectivity index (χ3v) is 5.41. The first-order chi connectivity index (χ1) is 14.8. The molecular weight excluding hydrogens is 405 g/mol. The standard InChI is InChI=1S/C21H28FN5O4/c1-14-6-7-15(22)12-16(14)24-17(28)13-27-20(29)18(25-8-4-3-5-9-25)19(23)26(21(27)30)10-11-31-2/h6-7,12H,3-5,8-11,13,23H2,1-2H3,(H,24,28). The van der Waals surface area contributed by atoms with E-state index >= 15 is 0 Å². The molecule has 0 unspecified atom stereocenters. The average molecular weight is 433 g/mol. The molecule has 168 valence electrons. The van der Waals surface area contributed by atoms with Crippen molar-refractivity contribution in [3.8, 4) is 0 Å². The molecule has 3 N–H and O–H groups in total. The molecule has 0 aliphatic carbocycles. The lowest BCUT2D eigenvalue weighted by Gasteiger charge is -2.30. The van der Waals surface area contributed by atoms with Crippen molar-refractivity contribution in [1.29, 1.82) is 0 Å². The first kappa shape index (κ1) is 22.5. The topological polar surface area (TPSA) is 112 Å². The number of amides is 1. The quantitative estimate of drug-likeness (QED) is 0.681. The van der Waals surface area contributed by atoms with Crippen molar-refractivity contribution in [2.75, 3.05) is 42.8 Å². The smallest absolute Gasteiger partial charge is 0.333 e. The third kappa shape index (κ3) is 4.96. The maximum Gasteiger partial charge on any atom is 0.333 e. The zero-order chi connectivity index (χ0) is 22.5. The summed E-state index contributed by atoms with van der Waals surface area (Å²) in [6, 6.07) is 4.01. The number of methoxy groups -OCH3 is 1. The van der Waals surface area contributed by atoms with Gasteiger partial charge in [0.1, 0.15) is 23.9 Å². The monoisotopic (exact) mass is 433 g/mol. The fourth-order valence-electron chi connectivity index (χ4n) is 3.72. The molecule has 2 aromatic rings. The first-order valence-electron chi connectivity index (χ1n) is 10.3. The number of hydrogen-bond donors (Lipinski definition) is 2. The van der Waals surface area contributed by atoms with Gasteiger partial charge in [-0.3, -0.25) is 14.2 Å². The second-order valence-corrected chi connectivity index (χ2v) is 7.61. The Hall–Kier alpha value is -3.14. The molecule has 10 heteroatoms. The molecule has 1 aromatic carbocycles. The van der Waals surface area contributed by atoms with Crippen molar-refractivity contribution >= 4 is 23.1 Å². The van der Waals surface area contributed by atoms with Gasteiger partial charge in [0.2, 0.25) is 5.91 Å². The number of piperidine rings is 1. The van der Waals surface area contributed by atoms with Crippen LogP contribution in [0.1, 0.15) is 24.8 Å². The SMILES string of the molecule is COCCn1c(N)c(N2CCCCC2)c(=O)n(CC(=O)Nc2cc(F)ccc2C)c1=O. The number of nitrogen functional groups attached to an aromatic ring is 1. The third-order valence-electron chi connectivity index (χ3n) is 5.41. The largest absolute Gasteiger partial charge is 0.383 e. The average Bonchev–Trinajstić information content (AvgIpc) is 2.74. The van der Waals surface area contributed by atoms with E-state index in [1.807, 2.05) is 4.90 Å². The highest BCUT2D eigenvalue weighted by molar-refractivity contribution is 5.91. The summed E-state index contributed by atoms with van der Waals surface area (Å²) in [6.07, 6.45) is 2.88. The zero-order valence-corrected chi connectivity index (χ0v) is 17.8. The number of ether oxygens (including phenoxy) is 1. The maximum atomic E-state index is 13.5. The summed E-state index contributed by atoms with van der Waals surface area (Å²) in [5, 5.41) is 2.57. The number of nitrogens with one attached hydrogen (secondary N) is 1. The fourth-order valence-corrected chi connectivity index (χ4v) is 3.72. The van der Waals surface area contributed by atoms with Crippen LogP contribution in [0.2, 0.25) is 0 Å². The van der Waals surface area contributed by atoms with Crippen LogP contribution in [0.3, 0.4) is 0 Å². The van der Waals surface area contributed by atoms with Gasteiger partial charge in [-0.1, -0.05) is 6.07 Å². The van der Waals surface area contributed by atoms with Gasteiger partial charge in [-0.25, -0.2) is 13.8 Å². The van der Waals surface area contributed by atoms with E-state index in [1.54, 1.807) is 6.92 Å². The summed E-state index contributed by atoms with van der Waals surface area (Å²) in [6.45, 7) is 2.87. The van der Waals surface area contributed by atoms with Crippen molar-refractivity contribution < 1.29 is 13.9 Å². The minimum Gasteiger partial charge on any atom is -0.383 e. The van der Waals surface area contributed by atoms with E-state index in [4.69, 9.17) is 10.5 Å². The molecular formula is C21H28FN5O4. The summed E-state index contributed by atoms with van der Waals surface area (Å²) in [5.74, 6) is -1.04. The molecule has 1 aromatic heterocycles. The van der Waals surface area contributed by atoms with Gasteiger partial charge in [0.15, 0.2) is 0 Å². The van der Waals surface area contributed by atoms with Crippen LogP contribution in [0.25, 0.3) is 0 Å². The second kappa shape index (κ2) is 9.78. The van der Waals surface area contributed by atoms with Crippen LogP contribution in [0.5, 0.6) is 0 Å². The zero-order valence-electron chi connectivity index (χ0n) is 17.8. The highest BCUT2D eigenvalue weighted by atomic mass is 19.1. The van der Waals surface area contributed by atoms with E-state index in [1.165, 1.54) is 29.9 Å². The first-order valence-corrected chi connectivity index (χ1v) is 10.3. The number of aryl methyl sites for hydroxylation is 1. The molecule has 1 amide bonds. The summed E-state index contributed by atoms with van der Waals surface area (Å²) < 4.78 is 20.7. The molecule has 0 atom stereocenters. The second-order valence-electron chi connectivity index (χ2n) is 7.61. The van der Waals surface area contributed by atoms with E-state index in [2.05, 4.69) is 5.32 Å². The van der Waals surface area contributed by atoms with Crippen LogP contribution in [0, 0.1) is 12.7 Å². The van der Waals surface area contributed by atoms with Gasteiger partial charge < -0.3 is 20.7 Å². The Balaban J connectivity index is 1.99. The van der Waals surface area contributed by atoms with Crippen molar-refractivity contribution in [3.05, 3.63) is 50.4 Å². The Morgan fingerprint density at radius 1 is 1.19 bits per heavy atom. The number of benzene rings is 1. The van der Waals surface area contributed by atoms with E-state index < -0.39 is 29.5 Å². The number of nitrogens with two attached hydrogens (primary N) is 1. The van der Waals surface area contributed by atoms with Crippen molar-refractivity contribution in [2.24, 2.45) is 0 Å². The van der Waals surface area contributed by atoms with Gasteiger partial charge in [0, 0.05) is 25.9 Å². The summed E-state index contributed by atoms with van der Waals surface area (Å²) in [5.41, 5.74) is 6.10. The molecule has 3 rings (SSSR count). The number of rotatable bonds is 7. The number of nitrogens with zero attached hydrogens (tertiary/aromatic N) is 3. The van der Waals surface area contributed by atoms with E-state index in [0.717, 1.165) is 23.8 Å². The number of halogens is 1. The van der Waals surface area contributed by atoms with Gasteiger partial charge in [-0.15, -0.1) is 0 Å². The van der Waals surface area contributed by atoms with Gasteiger partial charge in [-0.05, 0) is 43.9 Å². The summed E-state index contributed by atoms with van der Waals surface area (Å²) >= 11 is 0. The maximum absolute atomic E-state index is 13.5. The number of carbonyl (C=O) groups is 1. The lowest BCUT2D eigenvalue weighted by Crippen LogP contribution is -2.47. The summed E-state index contributed by atoms with van der Waals surface area (Å²) in [7, 11) is 1.50. The van der Waals surface area contributed by atoms with Crippen molar-refractivity contribution in [1.82, 2.24) is 9.13 Å². The summed E-state index contributed by atoms with van der Waals surface area (Å²) in [4.78, 5) is 40.7. The van der Waals surface area contributed by atoms with Gasteiger partial charge in [0.25, 0.3) is 5.56 Å². The van der Waals surface area contributed by atoms with Crippen molar-refractivity contribution in [2.45, 2.75) is 39.3 Å². The van der Waals surface area contributed by atoms with Gasteiger partial charge in [0.05, 0.1) is 13.2 Å². The molecule has 0 spiro atoms. The molecule has 0 bridgehead atoms. The molecule has 31 heavy (non-hydrogen) atoms. The van der Waals surface area contributed by atoms with E-state index in [-0.39, 0.29) is 30.3 Å². The van der Waals surface area contributed by atoms with E-state index in [9.17, 15) is 18.8 Å². The van der Waals surface area contributed by atoms with Crippen LogP contribution in [0.15, 0.2) is 27.8 Å². The number of anilines is 3. The number of hydrogen-bond acceptors (Lipinski definition) is 6. The van der Waals surface area contributed by atoms with E-state index in [0.29, 0.717) is 18.7 Å². The lowest BCUT2D eigenvalue weighted by atomic mass is 10.1. The Bertz CT molecular complexity index is 1070. The minimum atomic E-state index is -0.688. The fraction of sp³-hybridized carbons (Fsp3) is 0.476. The Kier molecular flexibility index (Phi) is 7.11. The molecule has 1 aliphatic heterocycles. The predicted molar refractivity (Wildman–Crippen MR) is 117 cm³/mol. The van der Waals surface area contributed by atoms with Crippen LogP contribution in [-0.2, 0) is 22.6 Å². The molecule has 2 heterocycles. The number of carbonyl (C=O) groups excluding carboxylic acids is 1. The normalized spacial score (nSPS) is 14.0. The highest BCUT2D eigenvalue weighted by Gasteiger charge is 2.24. The highest BCUT2D eigenvalue weighted by Crippen LogP contribution is 2.21. The molecule has 0 saturated carbocycles. The molecule has 1 saturated heterocycles. The van der Waals surface area contributed by atoms with Crippen LogP contribution >= 0.6 is 0 Å². The lowest BCUT2D eigenvalue weighted by molar-refractivity contribution is -0.116. The predicted octanol–water partition coefficient (Wildman–Crippen LogP) is 1.32. The Labute approximate surface area is 179 Å². The van der Waals surface area contributed by atoms with Gasteiger partial charge in [-0.2, -0.15) is 0 Å². The molecule has 1 aliphatic rings. The van der Waals surface area contributed by atoms with Gasteiger partial charge >= 0.3 is 5.69 Å².